The summed E-state index contributed by atoms with van der Waals surface area (Å²) in [7, 11) is -0.275. The zero-order valence-corrected chi connectivity index (χ0v) is 20.5. The van der Waals surface area contributed by atoms with E-state index in [9.17, 15) is 44.2 Å². The highest BCUT2D eigenvalue weighted by molar-refractivity contribution is 7.85. The average Bonchev–Trinajstić information content (AvgIpc) is 2.83. The van der Waals surface area contributed by atoms with Gasteiger partial charge < -0.3 is 40.1 Å². The molecule has 3 aromatic carbocycles. The van der Waals surface area contributed by atoms with E-state index >= 15 is 0 Å². The van der Waals surface area contributed by atoms with Crippen LogP contribution in [0, 0.1) is 0 Å². The lowest BCUT2D eigenvalue weighted by Gasteiger charge is -2.27. The van der Waals surface area contributed by atoms with Crippen LogP contribution in [0.25, 0.3) is 0 Å². The molecule has 0 fully saturated rings. The van der Waals surface area contributed by atoms with E-state index in [1.807, 2.05) is 0 Å². The van der Waals surface area contributed by atoms with Crippen molar-refractivity contribution in [3.63, 3.8) is 0 Å². The number of halogens is 1. The standard InChI is InChI=1S/C15H14O6.C8H9NO3S.CH3FO/c16-8-5-10(17)9-1-2-13(21-14(9)6-8)7-3-11(18)15(20)12(19)4-7;1-13(12)9-7-3-2-6(5-10)4-8(7)11;1-3-2/h3-6,13,16-20H,1-2H2;2-5,9,11H,1H3;1H3. The van der Waals surface area contributed by atoms with Crippen LogP contribution in [0.3, 0.4) is 0 Å². The number of phenolic OH excluding ortho intramolecular Hbond substituents is 6. The Hall–Kier alpha value is -4.23. The number of rotatable bonds is 4. The van der Waals surface area contributed by atoms with Gasteiger partial charge in [-0.15, -0.1) is 0 Å². The summed E-state index contributed by atoms with van der Waals surface area (Å²) in [5, 5.41) is 57.0. The summed E-state index contributed by atoms with van der Waals surface area (Å²) < 4.78 is 28.8. The summed E-state index contributed by atoms with van der Waals surface area (Å²) >= 11 is 0. The topological polar surface area (TPSA) is 186 Å². The van der Waals surface area contributed by atoms with Gasteiger partial charge in [-0.25, -0.2) is 4.21 Å². The molecular formula is C24H26FNO10S. The molecule has 7 N–H and O–H groups in total. The summed E-state index contributed by atoms with van der Waals surface area (Å²) in [5.41, 5.74) is 1.84. The molecule has 200 valence electrons. The van der Waals surface area contributed by atoms with Gasteiger partial charge in [0.1, 0.15) is 46.4 Å². The minimum Gasteiger partial charge on any atom is -0.508 e. The van der Waals surface area contributed by atoms with Gasteiger partial charge in [-0.2, -0.15) is 4.94 Å². The normalized spacial score (nSPS) is 14.4. The molecule has 0 aliphatic carbocycles. The first kappa shape index (κ1) is 29.0. The maximum atomic E-state index is 10.7. The highest BCUT2D eigenvalue weighted by Gasteiger charge is 2.25. The van der Waals surface area contributed by atoms with E-state index in [1.165, 1.54) is 48.7 Å². The highest BCUT2D eigenvalue weighted by Crippen LogP contribution is 2.44. The van der Waals surface area contributed by atoms with Crippen molar-refractivity contribution in [2.24, 2.45) is 0 Å². The van der Waals surface area contributed by atoms with Crippen LogP contribution >= 0.6 is 0 Å². The molecule has 0 amide bonds. The molecule has 13 heteroatoms. The molecule has 1 aliphatic heterocycles. The molecule has 4 rings (SSSR count). The van der Waals surface area contributed by atoms with Gasteiger partial charge in [0.05, 0.1) is 12.8 Å². The molecule has 0 saturated heterocycles. The first-order chi connectivity index (χ1) is 17.5. The summed E-state index contributed by atoms with van der Waals surface area (Å²) in [4.78, 5) is 13.1. The van der Waals surface area contributed by atoms with Crippen molar-refractivity contribution in [1.29, 1.82) is 0 Å². The van der Waals surface area contributed by atoms with E-state index in [0.29, 0.717) is 47.3 Å². The Bertz CT molecular complexity index is 1250. The predicted molar refractivity (Wildman–Crippen MR) is 132 cm³/mol. The molecule has 2 atom stereocenters. The maximum absolute atomic E-state index is 10.7. The van der Waals surface area contributed by atoms with E-state index in [4.69, 9.17) is 4.74 Å². The van der Waals surface area contributed by atoms with Gasteiger partial charge in [-0.3, -0.25) is 4.79 Å². The molecule has 0 bridgehead atoms. The summed E-state index contributed by atoms with van der Waals surface area (Å²) in [6.07, 6.45) is 2.67. The average molecular weight is 540 g/mol. The largest absolute Gasteiger partial charge is 0.508 e. The van der Waals surface area contributed by atoms with Crippen LogP contribution in [-0.4, -0.2) is 54.5 Å². The van der Waals surface area contributed by atoms with Crippen LogP contribution in [0.15, 0.2) is 42.5 Å². The van der Waals surface area contributed by atoms with E-state index in [1.54, 1.807) is 0 Å². The number of fused-ring (bicyclic) bond motifs is 1. The molecule has 0 spiro atoms. The van der Waals surface area contributed by atoms with E-state index in [2.05, 4.69) is 9.66 Å². The lowest BCUT2D eigenvalue weighted by atomic mass is 9.96. The Morgan fingerprint density at radius 2 is 1.62 bits per heavy atom. The van der Waals surface area contributed by atoms with Crippen LogP contribution in [0.2, 0.25) is 0 Å². The van der Waals surface area contributed by atoms with E-state index < -0.39 is 34.3 Å². The molecule has 0 aromatic heterocycles. The highest BCUT2D eigenvalue weighted by atomic mass is 32.2. The van der Waals surface area contributed by atoms with Gasteiger partial charge in [0.2, 0.25) is 0 Å². The Kier molecular flexibility index (Phi) is 10.3. The number of nitrogens with one attached hydrogen (secondary N) is 1. The first-order valence-corrected chi connectivity index (χ1v) is 12.1. The molecule has 0 saturated carbocycles. The number of phenols is 6. The van der Waals surface area contributed by atoms with Crippen molar-refractivity contribution in [2.75, 3.05) is 18.1 Å². The zero-order valence-electron chi connectivity index (χ0n) is 19.7. The Labute approximate surface area is 213 Å². The number of hydrogen-bond acceptors (Lipinski definition) is 10. The van der Waals surface area contributed by atoms with Gasteiger partial charge in [-0.1, -0.05) is 0 Å². The Balaban J connectivity index is 0.000000258. The molecule has 11 nitrogen and oxygen atoms in total. The number of carbonyl (C=O) groups is 1. The monoisotopic (exact) mass is 539 g/mol. The Morgan fingerprint density at radius 1 is 1.00 bits per heavy atom. The van der Waals surface area contributed by atoms with Crippen molar-refractivity contribution in [3.05, 3.63) is 59.2 Å². The quantitative estimate of drug-likeness (QED) is 0.190. The van der Waals surface area contributed by atoms with Gasteiger partial charge in [0, 0.05) is 29.5 Å². The Morgan fingerprint density at radius 3 is 2.16 bits per heavy atom. The lowest BCUT2D eigenvalue weighted by Crippen LogP contribution is -2.15. The van der Waals surface area contributed by atoms with Crippen molar-refractivity contribution >= 4 is 23.0 Å². The van der Waals surface area contributed by atoms with Gasteiger partial charge in [0.25, 0.3) is 0 Å². The second kappa shape index (κ2) is 13.2. The van der Waals surface area contributed by atoms with Gasteiger partial charge >= 0.3 is 0 Å². The third-order valence-corrected chi connectivity index (χ3v) is 5.48. The van der Waals surface area contributed by atoms with E-state index in [0.717, 1.165) is 7.11 Å². The van der Waals surface area contributed by atoms with Crippen molar-refractivity contribution in [3.8, 4) is 40.2 Å². The van der Waals surface area contributed by atoms with E-state index in [-0.39, 0.29) is 17.2 Å². The summed E-state index contributed by atoms with van der Waals surface area (Å²) in [5.74, 6) is -1.31. The lowest BCUT2D eigenvalue weighted by molar-refractivity contribution is -0.0960. The minimum absolute atomic E-state index is 0.0279. The fraction of sp³-hybridized carbons (Fsp3) is 0.208. The number of aromatic hydroxyl groups is 6. The van der Waals surface area contributed by atoms with Crippen molar-refractivity contribution in [1.82, 2.24) is 0 Å². The third kappa shape index (κ3) is 7.88. The fourth-order valence-electron chi connectivity index (χ4n) is 3.37. The molecular weight excluding hydrogens is 513 g/mol. The van der Waals surface area contributed by atoms with Crippen molar-refractivity contribution in [2.45, 2.75) is 18.9 Å². The number of anilines is 1. The number of hydrogen-bond donors (Lipinski definition) is 7. The van der Waals surface area contributed by atoms with Crippen molar-refractivity contribution < 1.29 is 53.8 Å². The molecule has 2 unspecified atom stereocenters. The van der Waals surface area contributed by atoms with Gasteiger partial charge in [-0.05, 0) is 53.3 Å². The molecule has 3 aromatic rings. The molecule has 1 heterocycles. The maximum Gasteiger partial charge on any atom is 0.200 e. The van der Waals surface area contributed by atoms with Crippen LogP contribution in [0.5, 0.6) is 40.2 Å². The van der Waals surface area contributed by atoms with Gasteiger partial charge in [0.15, 0.2) is 17.2 Å². The van der Waals surface area contributed by atoms with Crippen LogP contribution < -0.4 is 9.46 Å². The fourth-order valence-corrected chi connectivity index (χ4v) is 3.85. The molecule has 0 radical (unpaired) electrons. The number of benzene rings is 3. The summed E-state index contributed by atoms with van der Waals surface area (Å²) in [6.45, 7) is 0. The second-order valence-corrected chi connectivity index (χ2v) is 8.71. The zero-order chi connectivity index (χ0) is 27.7. The van der Waals surface area contributed by atoms with Crippen LogP contribution in [0.4, 0.5) is 10.2 Å². The van der Waals surface area contributed by atoms with Crippen LogP contribution in [0.1, 0.15) is 34.0 Å². The smallest absolute Gasteiger partial charge is 0.200 e. The predicted octanol–water partition coefficient (Wildman–Crippen LogP) is 3.71. The minimum atomic E-state index is -1.23. The number of aldehydes is 1. The number of ether oxygens (including phenoxy) is 1. The first-order valence-electron chi connectivity index (χ1n) is 10.5. The third-order valence-electron chi connectivity index (χ3n) is 4.97. The van der Waals surface area contributed by atoms with Crippen LogP contribution in [-0.2, 0) is 22.3 Å². The molecule has 37 heavy (non-hydrogen) atoms. The summed E-state index contributed by atoms with van der Waals surface area (Å²) in [6, 6.07) is 9.62. The second-order valence-electron chi connectivity index (χ2n) is 7.60. The SMILES string of the molecule is COF.CS(=O)Nc1ccc(C=O)cc1O.Oc1cc(O)c2c(c1)OC(c1cc(O)c(O)c(O)c1)CC2. The molecule has 1 aliphatic rings. The number of carbonyl (C=O) groups excluding carboxylic acids is 1.